The van der Waals surface area contributed by atoms with Crippen LogP contribution < -0.4 is 10.6 Å². The summed E-state index contributed by atoms with van der Waals surface area (Å²) >= 11 is 0. The fourth-order valence-electron chi connectivity index (χ4n) is 1.63. The molecular formula is C15H20N2O3. The number of amides is 2. The van der Waals surface area contributed by atoms with Crippen LogP contribution in [-0.2, 0) is 14.3 Å². The minimum Gasteiger partial charge on any atom is -0.375 e. The number of anilines is 2. The van der Waals surface area contributed by atoms with Gasteiger partial charge in [-0.05, 0) is 31.5 Å². The molecule has 108 valence electrons. The minimum atomic E-state index is -0.238. The molecule has 0 heterocycles. The molecule has 1 aromatic rings. The molecule has 0 fully saturated rings. The Balaban J connectivity index is 2.71. The zero-order valence-corrected chi connectivity index (χ0v) is 12.0. The highest BCUT2D eigenvalue weighted by Gasteiger charge is 2.06. The molecule has 0 unspecified atom stereocenters. The maximum Gasteiger partial charge on any atom is 0.250 e. The summed E-state index contributed by atoms with van der Waals surface area (Å²) in [5, 5.41) is 5.46. The van der Waals surface area contributed by atoms with E-state index in [2.05, 4.69) is 10.6 Å². The van der Waals surface area contributed by atoms with Crippen LogP contribution in [0.1, 0.15) is 20.3 Å². The van der Waals surface area contributed by atoms with Crippen LogP contribution in [0.25, 0.3) is 0 Å². The number of ether oxygens (including phenoxy) is 1. The van der Waals surface area contributed by atoms with Crippen LogP contribution in [0, 0.1) is 0 Å². The molecule has 0 atom stereocenters. The second-order valence-corrected chi connectivity index (χ2v) is 4.31. The molecule has 0 radical (unpaired) electrons. The Bertz CT molecular complexity index is 510. The Morgan fingerprint density at radius 1 is 1.25 bits per heavy atom. The Morgan fingerprint density at radius 3 is 2.50 bits per heavy atom. The second kappa shape index (κ2) is 8.12. The highest BCUT2D eigenvalue weighted by molar-refractivity contribution is 6.03. The van der Waals surface area contributed by atoms with Gasteiger partial charge in [0.1, 0.15) is 6.61 Å². The smallest absolute Gasteiger partial charge is 0.250 e. The summed E-state index contributed by atoms with van der Waals surface area (Å²) in [5.41, 5.74) is 1.91. The van der Waals surface area contributed by atoms with Gasteiger partial charge in [0.15, 0.2) is 0 Å². The zero-order valence-electron chi connectivity index (χ0n) is 12.0. The summed E-state index contributed by atoms with van der Waals surface area (Å²) in [6.45, 7) is 3.74. The monoisotopic (exact) mass is 276 g/mol. The van der Waals surface area contributed by atoms with Crippen molar-refractivity contribution in [3.05, 3.63) is 35.9 Å². The van der Waals surface area contributed by atoms with Crippen molar-refractivity contribution < 1.29 is 14.3 Å². The van der Waals surface area contributed by atoms with E-state index < -0.39 is 0 Å². The van der Waals surface area contributed by atoms with Gasteiger partial charge in [-0.1, -0.05) is 19.1 Å². The van der Waals surface area contributed by atoms with Gasteiger partial charge in [0.2, 0.25) is 5.91 Å². The largest absolute Gasteiger partial charge is 0.375 e. The Hall–Kier alpha value is -2.14. The number of hydrogen-bond acceptors (Lipinski definition) is 3. The van der Waals surface area contributed by atoms with Gasteiger partial charge in [-0.25, -0.2) is 0 Å². The lowest BCUT2D eigenvalue weighted by atomic mass is 10.2. The maximum atomic E-state index is 11.9. The van der Waals surface area contributed by atoms with Gasteiger partial charge in [0.05, 0.1) is 0 Å². The first-order valence-electron chi connectivity index (χ1n) is 6.43. The van der Waals surface area contributed by atoms with Crippen molar-refractivity contribution in [3.63, 3.8) is 0 Å². The van der Waals surface area contributed by atoms with Crippen molar-refractivity contribution in [1.82, 2.24) is 0 Å². The average molecular weight is 276 g/mol. The van der Waals surface area contributed by atoms with Gasteiger partial charge < -0.3 is 15.4 Å². The zero-order chi connectivity index (χ0) is 15.0. The van der Waals surface area contributed by atoms with Crippen LogP contribution in [0.2, 0.25) is 0 Å². The highest BCUT2D eigenvalue weighted by Crippen LogP contribution is 2.16. The van der Waals surface area contributed by atoms with Crippen molar-refractivity contribution in [1.29, 1.82) is 0 Å². The molecule has 0 spiro atoms. The molecule has 0 bridgehead atoms. The molecule has 0 saturated heterocycles. The number of allylic oxidation sites excluding steroid dienone is 1. The van der Waals surface area contributed by atoms with Gasteiger partial charge in [-0.2, -0.15) is 0 Å². The molecule has 1 rings (SSSR count). The van der Waals surface area contributed by atoms with Crippen LogP contribution in [-0.4, -0.2) is 25.5 Å². The number of benzene rings is 1. The minimum absolute atomic E-state index is 0.00503. The highest BCUT2D eigenvalue weighted by atomic mass is 16.5. The van der Waals surface area contributed by atoms with Gasteiger partial charge >= 0.3 is 0 Å². The molecule has 5 heteroatoms. The predicted octanol–water partition coefficient (Wildman–Crippen LogP) is 2.57. The summed E-state index contributed by atoms with van der Waals surface area (Å²) in [6, 6.07) is 6.97. The predicted molar refractivity (Wildman–Crippen MR) is 79.6 cm³/mol. The van der Waals surface area contributed by atoms with Crippen molar-refractivity contribution >= 4 is 23.2 Å². The normalized spacial score (nSPS) is 11.1. The summed E-state index contributed by atoms with van der Waals surface area (Å²) in [5.74, 6) is -0.384. The first-order valence-corrected chi connectivity index (χ1v) is 6.43. The van der Waals surface area contributed by atoms with Crippen LogP contribution in [0.3, 0.4) is 0 Å². The van der Waals surface area contributed by atoms with Crippen molar-refractivity contribution in [2.75, 3.05) is 24.4 Å². The molecule has 1 aromatic carbocycles. The Kier molecular flexibility index (Phi) is 6.46. The fraction of sp³-hybridized carbons (Fsp3) is 0.333. The lowest BCUT2D eigenvalue weighted by Crippen LogP contribution is -2.17. The maximum absolute atomic E-state index is 11.9. The molecule has 0 aliphatic rings. The van der Waals surface area contributed by atoms with E-state index in [0.717, 1.165) is 6.42 Å². The van der Waals surface area contributed by atoms with Crippen LogP contribution in [0.15, 0.2) is 35.9 Å². The van der Waals surface area contributed by atoms with Crippen molar-refractivity contribution in [3.8, 4) is 0 Å². The van der Waals surface area contributed by atoms with E-state index in [1.54, 1.807) is 31.2 Å². The third-order valence-electron chi connectivity index (χ3n) is 2.55. The van der Waals surface area contributed by atoms with Gasteiger partial charge in [-0.3, -0.25) is 9.59 Å². The lowest BCUT2D eigenvalue weighted by Gasteiger charge is -2.09. The van der Waals surface area contributed by atoms with E-state index in [0.29, 0.717) is 16.9 Å². The van der Waals surface area contributed by atoms with E-state index in [1.807, 2.05) is 13.0 Å². The summed E-state index contributed by atoms with van der Waals surface area (Å²) < 4.78 is 4.74. The number of rotatable bonds is 6. The van der Waals surface area contributed by atoms with Crippen molar-refractivity contribution in [2.24, 2.45) is 0 Å². The molecule has 5 nitrogen and oxygen atoms in total. The lowest BCUT2D eigenvalue weighted by molar-refractivity contribution is -0.119. The number of carbonyl (C=O) groups excluding carboxylic acids is 2. The standard InChI is InChI=1S/C15H20N2O3/c1-4-6-11(2)15(19)17-13-8-5-7-12(9-13)16-14(18)10-20-3/h5-9H,4,10H2,1-3H3,(H,16,18)(H,17,19)/b11-6+. The van der Waals surface area contributed by atoms with Crippen LogP contribution in [0.5, 0.6) is 0 Å². The third-order valence-corrected chi connectivity index (χ3v) is 2.55. The number of nitrogens with one attached hydrogen (secondary N) is 2. The fourth-order valence-corrected chi connectivity index (χ4v) is 1.63. The van der Waals surface area contributed by atoms with E-state index in [9.17, 15) is 9.59 Å². The third kappa shape index (κ3) is 5.24. The molecule has 2 N–H and O–H groups in total. The Morgan fingerprint density at radius 2 is 1.90 bits per heavy atom. The number of methoxy groups -OCH3 is 1. The molecule has 0 aliphatic carbocycles. The van der Waals surface area contributed by atoms with Gasteiger partial charge in [0, 0.05) is 24.1 Å². The second-order valence-electron chi connectivity index (χ2n) is 4.31. The van der Waals surface area contributed by atoms with Gasteiger partial charge in [0.25, 0.3) is 5.91 Å². The number of hydrogen-bond donors (Lipinski definition) is 2. The Labute approximate surface area is 119 Å². The first kappa shape index (κ1) is 15.9. The van der Waals surface area contributed by atoms with Crippen LogP contribution in [0.4, 0.5) is 11.4 Å². The molecular weight excluding hydrogens is 256 g/mol. The molecule has 0 aromatic heterocycles. The molecule has 20 heavy (non-hydrogen) atoms. The molecule has 0 saturated carbocycles. The topological polar surface area (TPSA) is 67.4 Å². The summed E-state index contributed by atoms with van der Waals surface area (Å²) in [7, 11) is 1.46. The van der Waals surface area contributed by atoms with E-state index in [4.69, 9.17) is 4.74 Å². The SMILES string of the molecule is CC/C=C(\C)C(=O)Nc1cccc(NC(=O)COC)c1. The van der Waals surface area contributed by atoms with E-state index >= 15 is 0 Å². The number of carbonyl (C=O) groups is 2. The van der Waals surface area contributed by atoms with Crippen molar-refractivity contribution in [2.45, 2.75) is 20.3 Å². The van der Waals surface area contributed by atoms with E-state index in [-0.39, 0.29) is 18.4 Å². The van der Waals surface area contributed by atoms with Crippen LogP contribution >= 0.6 is 0 Å². The molecule has 0 aliphatic heterocycles. The molecule has 2 amide bonds. The quantitative estimate of drug-likeness (QED) is 0.785. The van der Waals surface area contributed by atoms with Gasteiger partial charge in [-0.15, -0.1) is 0 Å². The summed E-state index contributed by atoms with van der Waals surface area (Å²) in [6.07, 6.45) is 2.67. The average Bonchev–Trinajstić information content (AvgIpc) is 2.39. The summed E-state index contributed by atoms with van der Waals surface area (Å²) in [4.78, 5) is 23.3. The first-order chi connectivity index (χ1) is 9.56. The van der Waals surface area contributed by atoms with E-state index in [1.165, 1.54) is 7.11 Å².